The quantitative estimate of drug-likeness (QED) is 0.0532. The van der Waals surface area contributed by atoms with E-state index in [0.717, 1.165) is 23.3 Å². The maximum Gasteiger partial charge on any atom is 0.192 e. The van der Waals surface area contributed by atoms with Crippen molar-refractivity contribution in [3.8, 4) is 0 Å². The zero-order valence-corrected chi connectivity index (χ0v) is 29.0. The molecule has 0 heterocycles. The summed E-state index contributed by atoms with van der Waals surface area (Å²) in [6, 6.07) is 21.0. The van der Waals surface area contributed by atoms with Gasteiger partial charge in [-0.1, -0.05) is 165 Å². The van der Waals surface area contributed by atoms with Crippen LogP contribution in [-0.4, -0.2) is 31.9 Å². The first-order valence-electron chi connectivity index (χ1n) is 16.3. The lowest BCUT2D eigenvalue weighted by atomic mass is 10.0. The van der Waals surface area contributed by atoms with E-state index in [2.05, 4.69) is 114 Å². The largest absolute Gasteiger partial charge is 0.408 e. The second-order valence-corrected chi connectivity index (χ2v) is 18.2. The van der Waals surface area contributed by atoms with Gasteiger partial charge < -0.3 is 4.43 Å². The van der Waals surface area contributed by atoms with Crippen molar-refractivity contribution in [3.05, 3.63) is 83.9 Å². The molecule has 2 unspecified atom stereocenters. The lowest BCUT2D eigenvalue weighted by Gasteiger charge is -2.40. The Hall–Kier alpha value is -1.62. The van der Waals surface area contributed by atoms with E-state index in [-0.39, 0.29) is 17.2 Å². The van der Waals surface area contributed by atoms with Gasteiger partial charge in [0.2, 0.25) is 0 Å². The van der Waals surface area contributed by atoms with Crippen molar-refractivity contribution in [1.29, 1.82) is 0 Å². The SMILES string of the molecule is CCCCCCCCCCCCCC=CC(O[Si](C)(C)C(C)(C)C)C(CS)N=C(c1ccccc1)c1ccccc1. The first-order valence-corrected chi connectivity index (χ1v) is 19.9. The van der Waals surface area contributed by atoms with Gasteiger partial charge in [0.15, 0.2) is 8.32 Å². The average Bonchev–Trinajstić information content (AvgIpc) is 2.96. The number of nitrogens with zero attached hydrogens (tertiary/aromatic N) is 1. The molecule has 0 aliphatic rings. The topological polar surface area (TPSA) is 21.6 Å². The monoisotopic (exact) mass is 593 g/mol. The van der Waals surface area contributed by atoms with E-state index in [0.29, 0.717) is 5.75 Å². The Labute approximate surface area is 260 Å². The third-order valence-electron chi connectivity index (χ3n) is 8.49. The molecular weight excluding hydrogens is 535 g/mol. The molecule has 0 radical (unpaired) electrons. The summed E-state index contributed by atoms with van der Waals surface area (Å²) in [5, 5.41) is 0.127. The zero-order valence-electron chi connectivity index (χ0n) is 27.1. The van der Waals surface area contributed by atoms with Crippen molar-refractivity contribution >= 4 is 26.7 Å². The van der Waals surface area contributed by atoms with Gasteiger partial charge in [-0.2, -0.15) is 12.6 Å². The van der Waals surface area contributed by atoms with E-state index >= 15 is 0 Å². The number of aliphatic imine (C=N–C) groups is 1. The Morgan fingerprint density at radius 3 is 1.68 bits per heavy atom. The van der Waals surface area contributed by atoms with Gasteiger partial charge in [-0.05, 0) is 31.0 Å². The molecule has 0 fully saturated rings. The van der Waals surface area contributed by atoms with Crippen molar-refractivity contribution < 1.29 is 4.43 Å². The fraction of sp³-hybridized carbons (Fsp3) is 0.595. The highest BCUT2D eigenvalue weighted by Crippen LogP contribution is 2.38. The first kappa shape index (κ1) is 35.6. The number of hydrogen-bond acceptors (Lipinski definition) is 3. The van der Waals surface area contributed by atoms with Gasteiger partial charge in [-0.25, -0.2) is 0 Å². The summed E-state index contributed by atoms with van der Waals surface area (Å²) >= 11 is 4.81. The molecule has 0 bridgehead atoms. The molecule has 2 aromatic carbocycles. The third kappa shape index (κ3) is 13.5. The maximum absolute atomic E-state index is 7.03. The van der Waals surface area contributed by atoms with E-state index in [4.69, 9.17) is 22.0 Å². The van der Waals surface area contributed by atoms with Crippen LogP contribution in [-0.2, 0) is 4.43 Å². The van der Waals surface area contributed by atoms with Crippen molar-refractivity contribution in [2.75, 3.05) is 5.75 Å². The highest BCUT2D eigenvalue weighted by Gasteiger charge is 2.40. The molecule has 41 heavy (non-hydrogen) atoms. The van der Waals surface area contributed by atoms with Crippen LogP contribution in [0.1, 0.15) is 116 Å². The Balaban J connectivity index is 2.09. The molecule has 0 N–H and O–H groups in total. The molecule has 2 rings (SSSR count). The van der Waals surface area contributed by atoms with Gasteiger partial charge in [0, 0.05) is 16.9 Å². The number of benzene rings is 2. The van der Waals surface area contributed by atoms with Crippen LogP contribution in [0.15, 0.2) is 77.8 Å². The van der Waals surface area contributed by atoms with Crippen LogP contribution in [0.25, 0.3) is 0 Å². The summed E-state index contributed by atoms with van der Waals surface area (Å²) in [7, 11) is -2.02. The molecule has 0 spiro atoms. The van der Waals surface area contributed by atoms with Gasteiger partial charge in [0.25, 0.3) is 0 Å². The molecule has 0 aliphatic heterocycles. The normalized spacial score (nSPS) is 13.8. The summed E-state index contributed by atoms with van der Waals surface area (Å²) in [4.78, 5) is 5.37. The Bertz CT molecular complexity index is 955. The third-order valence-corrected chi connectivity index (χ3v) is 13.3. The van der Waals surface area contributed by atoms with Crippen molar-refractivity contribution in [3.63, 3.8) is 0 Å². The highest BCUT2D eigenvalue weighted by atomic mass is 32.1. The first-order chi connectivity index (χ1) is 19.7. The van der Waals surface area contributed by atoms with Gasteiger partial charge in [0.1, 0.15) is 0 Å². The molecule has 0 saturated heterocycles. The predicted octanol–water partition coefficient (Wildman–Crippen LogP) is 11.5. The van der Waals surface area contributed by atoms with Crippen LogP contribution in [0.2, 0.25) is 18.1 Å². The molecule has 0 saturated carbocycles. The zero-order chi connectivity index (χ0) is 30.0. The van der Waals surface area contributed by atoms with Gasteiger partial charge >= 0.3 is 0 Å². The summed E-state index contributed by atoms with van der Waals surface area (Å²) in [5.74, 6) is 0.630. The fourth-order valence-electron chi connectivity index (χ4n) is 4.81. The van der Waals surface area contributed by atoms with Crippen molar-refractivity contribution in [2.24, 2.45) is 4.99 Å². The van der Waals surface area contributed by atoms with E-state index in [1.165, 1.54) is 70.6 Å². The van der Waals surface area contributed by atoms with Crippen molar-refractivity contribution in [2.45, 2.75) is 135 Å². The van der Waals surface area contributed by atoms with E-state index < -0.39 is 8.32 Å². The smallest absolute Gasteiger partial charge is 0.192 e. The van der Waals surface area contributed by atoms with Crippen molar-refractivity contribution in [1.82, 2.24) is 0 Å². The minimum Gasteiger partial charge on any atom is -0.408 e. The summed E-state index contributed by atoms with van der Waals surface area (Å²) in [6.45, 7) is 13.9. The van der Waals surface area contributed by atoms with Crippen LogP contribution < -0.4 is 0 Å². The minimum absolute atomic E-state index is 0.0727. The predicted molar refractivity (Wildman–Crippen MR) is 188 cm³/mol. The van der Waals surface area contributed by atoms with E-state index in [9.17, 15) is 0 Å². The fourth-order valence-corrected chi connectivity index (χ4v) is 6.37. The second kappa shape index (κ2) is 19.5. The minimum atomic E-state index is -2.02. The summed E-state index contributed by atoms with van der Waals surface area (Å²) < 4.78 is 7.03. The molecule has 0 amide bonds. The Morgan fingerprint density at radius 1 is 0.780 bits per heavy atom. The number of thiol groups is 1. The molecule has 0 aliphatic carbocycles. The molecule has 2 atom stereocenters. The Kier molecular flexibility index (Phi) is 17.0. The molecule has 4 heteroatoms. The van der Waals surface area contributed by atoms with E-state index in [1.54, 1.807) is 0 Å². The number of rotatable bonds is 20. The molecule has 228 valence electrons. The van der Waals surface area contributed by atoms with Crippen LogP contribution in [0.4, 0.5) is 0 Å². The average molecular weight is 594 g/mol. The Morgan fingerprint density at radius 2 is 1.24 bits per heavy atom. The maximum atomic E-state index is 7.03. The molecule has 0 aromatic heterocycles. The number of hydrogen-bond donors (Lipinski definition) is 1. The van der Waals surface area contributed by atoms with E-state index in [1.807, 2.05) is 0 Å². The van der Waals surface area contributed by atoms with Gasteiger partial charge in [0.05, 0.1) is 17.9 Å². The van der Waals surface area contributed by atoms with Crippen LogP contribution in [0.5, 0.6) is 0 Å². The van der Waals surface area contributed by atoms with Crippen LogP contribution in [0, 0.1) is 0 Å². The summed E-state index contributed by atoms with van der Waals surface area (Å²) in [6.07, 6.45) is 20.8. The lowest BCUT2D eigenvalue weighted by Crippen LogP contribution is -2.46. The molecular formula is C37H59NOSSi. The lowest BCUT2D eigenvalue weighted by molar-refractivity contribution is 0.204. The number of allylic oxidation sites excluding steroid dienone is 1. The second-order valence-electron chi connectivity index (χ2n) is 13.1. The molecule has 2 nitrogen and oxygen atoms in total. The van der Waals surface area contributed by atoms with Gasteiger partial charge in [-0.15, -0.1) is 0 Å². The van der Waals surface area contributed by atoms with Gasteiger partial charge in [-0.3, -0.25) is 4.99 Å². The highest BCUT2D eigenvalue weighted by molar-refractivity contribution is 7.80. The molecule has 2 aromatic rings. The van der Waals surface area contributed by atoms with Crippen LogP contribution >= 0.6 is 12.6 Å². The van der Waals surface area contributed by atoms with Crippen LogP contribution in [0.3, 0.4) is 0 Å². The number of unbranched alkanes of at least 4 members (excludes halogenated alkanes) is 11. The standard InChI is InChI=1S/C37H59NOSSi/c1-7-8-9-10-11-12-13-14-15-16-17-18-25-30-35(39-41(5,6)37(2,3)4)34(31-40)38-36(32-26-21-19-22-27-32)33-28-23-20-24-29-33/h19-30,34-35,40H,7-18,31H2,1-6H3. The summed E-state index contributed by atoms with van der Waals surface area (Å²) in [5.41, 5.74) is 3.26.